The molecule has 1 heterocycles. The van der Waals surface area contributed by atoms with Crippen molar-refractivity contribution in [1.82, 2.24) is 5.32 Å². The van der Waals surface area contributed by atoms with E-state index in [1.54, 1.807) is 0 Å². The van der Waals surface area contributed by atoms with E-state index in [0.717, 1.165) is 5.71 Å². The van der Waals surface area contributed by atoms with Crippen LogP contribution in [0.3, 0.4) is 0 Å². The molecule has 2 N–H and O–H groups in total. The lowest BCUT2D eigenvalue weighted by molar-refractivity contribution is 0.271. The zero-order valence-electron chi connectivity index (χ0n) is 14.8. The first-order valence-corrected chi connectivity index (χ1v) is 8.62. The molecule has 2 aromatic carbocycles. The van der Waals surface area contributed by atoms with Gasteiger partial charge in [0.1, 0.15) is 0 Å². The maximum Gasteiger partial charge on any atom is 0.0664 e. The molecular formula is C21H26N2O. The number of oxime groups is 1. The molecule has 0 bridgehead atoms. The number of nitrogens with one attached hydrogen (secondary N) is 1. The molecule has 3 nitrogen and oxygen atoms in total. The Bertz CT molecular complexity index is 659. The second kappa shape index (κ2) is 6.78. The molecular weight excluding hydrogens is 296 g/mol. The summed E-state index contributed by atoms with van der Waals surface area (Å²) in [5.41, 5.74) is 5.84. The van der Waals surface area contributed by atoms with Gasteiger partial charge in [0.15, 0.2) is 0 Å². The molecule has 0 aromatic heterocycles. The third kappa shape index (κ3) is 3.09. The summed E-state index contributed by atoms with van der Waals surface area (Å²) >= 11 is 0. The summed E-state index contributed by atoms with van der Waals surface area (Å²) in [5, 5.41) is 17.1. The third-order valence-electron chi connectivity index (χ3n) is 5.28. The minimum atomic E-state index is 0.138. The normalized spacial score (nSPS) is 28.9. The molecule has 4 atom stereocenters. The van der Waals surface area contributed by atoms with Gasteiger partial charge in [-0.2, -0.15) is 0 Å². The van der Waals surface area contributed by atoms with Gasteiger partial charge in [0.25, 0.3) is 0 Å². The van der Waals surface area contributed by atoms with E-state index in [2.05, 4.69) is 86.7 Å². The van der Waals surface area contributed by atoms with Gasteiger partial charge < -0.3 is 10.5 Å². The highest BCUT2D eigenvalue weighted by molar-refractivity contribution is 5.90. The Kier molecular flexibility index (Phi) is 4.72. The number of nitrogens with zero attached hydrogens (tertiary/aromatic N) is 1. The van der Waals surface area contributed by atoms with Crippen LogP contribution in [-0.2, 0) is 0 Å². The van der Waals surface area contributed by atoms with Crippen LogP contribution >= 0.6 is 0 Å². The van der Waals surface area contributed by atoms with Gasteiger partial charge in [0.2, 0.25) is 0 Å². The molecule has 2 aromatic rings. The number of hydrogen-bond acceptors (Lipinski definition) is 3. The Morgan fingerprint density at radius 3 is 1.46 bits per heavy atom. The highest BCUT2D eigenvalue weighted by atomic mass is 16.4. The molecule has 0 aliphatic carbocycles. The Morgan fingerprint density at radius 2 is 1.12 bits per heavy atom. The van der Waals surface area contributed by atoms with Gasteiger partial charge in [-0.25, -0.2) is 0 Å². The molecule has 0 unspecified atom stereocenters. The van der Waals surface area contributed by atoms with Crippen molar-refractivity contribution in [1.29, 1.82) is 0 Å². The predicted molar refractivity (Wildman–Crippen MR) is 98.5 cm³/mol. The van der Waals surface area contributed by atoms with Crippen LogP contribution in [0.2, 0.25) is 0 Å². The largest absolute Gasteiger partial charge is 0.411 e. The van der Waals surface area contributed by atoms with Crippen molar-refractivity contribution in [3.05, 3.63) is 70.8 Å². The second-order valence-corrected chi connectivity index (χ2v) is 7.05. The summed E-state index contributed by atoms with van der Waals surface area (Å²) < 4.78 is 0. The summed E-state index contributed by atoms with van der Waals surface area (Å²) in [6.45, 7) is 8.46. The molecule has 3 heteroatoms. The van der Waals surface area contributed by atoms with Crippen LogP contribution in [0.5, 0.6) is 0 Å². The maximum absolute atomic E-state index is 9.61. The van der Waals surface area contributed by atoms with Crippen molar-refractivity contribution in [2.75, 3.05) is 0 Å². The van der Waals surface area contributed by atoms with E-state index in [-0.39, 0.29) is 23.9 Å². The summed E-state index contributed by atoms with van der Waals surface area (Å²) in [4.78, 5) is 0. The fourth-order valence-corrected chi connectivity index (χ4v) is 3.74. The Morgan fingerprint density at radius 1 is 0.750 bits per heavy atom. The Labute approximate surface area is 144 Å². The van der Waals surface area contributed by atoms with Crippen LogP contribution in [0.4, 0.5) is 0 Å². The fourth-order valence-electron chi connectivity index (χ4n) is 3.74. The highest BCUT2D eigenvalue weighted by Gasteiger charge is 2.39. The summed E-state index contributed by atoms with van der Waals surface area (Å²) in [5.74, 6) is 0.295. The molecule has 1 fully saturated rings. The van der Waals surface area contributed by atoms with Crippen molar-refractivity contribution < 1.29 is 5.21 Å². The van der Waals surface area contributed by atoms with Crippen LogP contribution in [0.1, 0.15) is 48.2 Å². The van der Waals surface area contributed by atoms with Crippen LogP contribution in [0.25, 0.3) is 0 Å². The lowest BCUT2D eigenvalue weighted by Gasteiger charge is -2.41. The zero-order chi connectivity index (χ0) is 17.3. The quantitative estimate of drug-likeness (QED) is 0.616. The van der Waals surface area contributed by atoms with E-state index in [1.165, 1.54) is 22.3 Å². The lowest BCUT2D eigenvalue weighted by Crippen LogP contribution is -2.46. The fraction of sp³-hybridized carbons (Fsp3) is 0.381. The number of rotatable bonds is 2. The zero-order valence-corrected chi connectivity index (χ0v) is 14.8. The van der Waals surface area contributed by atoms with E-state index in [1.807, 2.05) is 0 Å². The van der Waals surface area contributed by atoms with Crippen LogP contribution in [-0.4, -0.2) is 10.9 Å². The van der Waals surface area contributed by atoms with Crippen LogP contribution in [0, 0.1) is 25.7 Å². The monoisotopic (exact) mass is 322 g/mol. The van der Waals surface area contributed by atoms with E-state index in [9.17, 15) is 5.21 Å². The van der Waals surface area contributed by atoms with Gasteiger partial charge in [-0.05, 0) is 25.0 Å². The minimum Gasteiger partial charge on any atom is -0.411 e. The maximum atomic E-state index is 9.61. The Balaban J connectivity index is 1.98. The molecule has 1 saturated heterocycles. The first-order valence-electron chi connectivity index (χ1n) is 8.62. The number of aryl methyl sites for hydroxylation is 2. The van der Waals surface area contributed by atoms with Crippen LogP contribution < -0.4 is 5.32 Å². The molecule has 0 radical (unpaired) electrons. The smallest absolute Gasteiger partial charge is 0.0664 e. The lowest BCUT2D eigenvalue weighted by atomic mass is 9.75. The second-order valence-electron chi connectivity index (χ2n) is 7.05. The van der Waals surface area contributed by atoms with E-state index in [0.29, 0.717) is 0 Å². The van der Waals surface area contributed by atoms with Crippen molar-refractivity contribution in [3.8, 4) is 0 Å². The summed E-state index contributed by atoms with van der Waals surface area (Å²) in [6.07, 6.45) is 0. The van der Waals surface area contributed by atoms with Crippen LogP contribution in [0.15, 0.2) is 53.7 Å². The molecule has 24 heavy (non-hydrogen) atoms. The van der Waals surface area contributed by atoms with E-state index < -0.39 is 0 Å². The van der Waals surface area contributed by atoms with Gasteiger partial charge >= 0.3 is 0 Å². The first kappa shape index (κ1) is 16.7. The van der Waals surface area contributed by atoms with Gasteiger partial charge in [-0.1, -0.05) is 78.7 Å². The van der Waals surface area contributed by atoms with Gasteiger partial charge in [-0.3, -0.25) is 0 Å². The van der Waals surface area contributed by atoms with Crippen molar-refractivity contribution in [2.45, 2.75) is 39.8 Å². The number of benzene rings is 2. The molecule has 0 spiro atoms. The van der Waals surface area contributed by atoms with Crippen molar-refractivity contribution in [3.63, 3.8) is 0 Å². The van der Waals surface area contributed by atoms with Crippen molar-refractivity contribution in [2.24, 2.45) is 17.0 Å². The highest BCUT2D eigenvalue weighted by Crippen LogP contribution is 2.38. The molecule has 1 aliphatic heterocycles. The van der Waals surface area contributed by atoms with E-state index >= 15 is 0 Å². The number of piperidine rings is 1. The minimum absolute atomic E-state index is 0.138. The molecule has 0 saturated carbocycles. The average molecular weight is 322 g/mol. The molecule has 126 valence electrons. The van der Waals surface area contributed by atoms with Crippen molar-refractivity contribution >= 4 is 5.71 Å². The Hall–Kier alpha value is -2.13. The third-order valence-corrected chi connectivity index (χ3v) is 5.28. The molecule has 1 aliphatic rings. The van der Waals surface area contributed by atoms with Gasteiger partial charge in [0.05, 0.1) is 5.71 Å². The van der Waals surface area contributed by atoms with Gasteiger partial charge in [0, 0.05) is 23.9 Å². The van der Waals surface area contributed by atoms with E-state index in [4.69, 9.17) is 0 Å². The average Bonchev–Trinajstić information content (AvgIpc) is 2.58. The molecule has 3 rings (SSSR count). The SMILES string of the molecule is Cc1ccc([C@H]2N[C@@H](c3ccc(C)cc3)[C@@H](C)C(=NO)[C@H]2C)cc1. The first-order chi connectivity index (χ1) is 11.5. The molecule has 0 amide bonds. The summed E-state index contributed by atoms with van der Waals surface area (Å²) in [6, 6.07) is 17.5. The predicted octanol–water partition coefficient (Wildman–Crippen LogP) is 4.79. The number of hydrogen-bond donors (Lipinski definition) is 2. The van der Waals surface area contributed by atoms with Gasteiger partial charge in [-0.15, -0.1) is 0 Å². The standard InChI is InChI=1S/C21H26N2O/c1-13-5-9-17(10-6-13)20-15(3)19(23-24)16(4)21(22-20)18-11-7-14(2)8-12-18/h5-12,15-16,20-22,24H,1-4H3/t15-,16+,20+,21-. The topological polar surface area (TPSA) is 44.6 Å². The summed E-state index contributed by atoms with van der Waals surface area (Å²) in [7, 11) is 0.